The highest BCUT2D eigenvalue weighted by atomic mass is 32.2. The Bertz CT molecular complexity index is 1020. The number of hydrogen-bond acceptors (Lipinski definition) is 6. The highest BCUT2D eigenvalue weighted by molar-refractivity contribution is 7.89. The number of rotatable bonds is 5. The van der Waals surface area contributed by atoms with Gasteiger partial charge in [-0.15, -0.1) is 0 Å². The van der Waals surface area contributed by atoms with Crippen LogP contribution in [0.4, 0.5) is 5.69 Å². The number of sulfonamides is 1. The third-order valence-corrected chi connectivity index (χ3v) is 6.92. The van der Waals surface area contributed by atoms with Crippen molar-refractivity contribution >= 4 is 15.7 Å². The van der Waals surface area contributed by atoms with E-state index in [4.69, 9.17) is 4.74 Å². The second-order valence-corrected chi connectivity index (χ2v) is 9.23. The standard InChI is InChI=1S/C20H25N3O5S/c1-15-5-6-16(2)19(13-15)28-18-8-7-17(23(24)25)14-20(18)29(26,27)22-10-4-9-21(3)11-12-22/h5-8,13-14H,4,9-12H2,1-3H3. The quantitative estimate of drug-likeness (QED) is 0.545. The van der Waals surface area contributed by atoms with Crippen molar-refractivity contribution in [3.8, 4) is 11.5 Å². The molecule has 29 heavy (non-hydrogen) atoms. The van der Waals surface area contributed by atoms with Crippen molar-refractivity contribution in [2.24, 2.45) is 0 Å². The first-order valence-electron chi connectivity index (χ1n) is 9.41. The van der Waals surface area contributed by atoms with Crippen molar-refractivity contribution in [2.45, 2.75) is 25.2 Å². The zero-order valence-corrected chi connectivity index (χ0v) is 17.6. The van der Waals surface area contributed by atoms with E-state index in [0.717, 1.165) is 23.7 Å². The lowest BCUT2D eigenvalue weighted by atomic mass is 10.1. The summed E-state index contributed by atoms with van der Waals surface area (Å²) in [4.78, 5) is 12.6. The maximum absolute atomic E-state index is 13.4. The third-order valence-electron chi connectivity index (χ3n) is 5.00. The van der Waals surface area contributed by atoms with Crippen LogP contribution in [0.1, 0.15) is 17.5 Å². The lowest BCUT2D eigenvalue weighted by Gasteiger charge is -2.22. The van der Waals surface area contributed by atoms with E-state index in [1.165, 1.54) is 16.4 Å². The molecule has 0 saturated carbocycles. The molecule has 8 nitrogen and oxygen atoms in total. The van der Waals surface area contributed by atoms with E-state index < -0.39 is 14.9 Å². The van der Waals surface area contributed by atoms with Crippen LogP contribution >= 0.6 is 0 Å². The summed E-state index contributed by atoms with van der Waals surface area (Å²) in [6, 6.07) is 9.34. The summed E-state index contributed by atoms with van der Waals surface area (Å²) in [6.07, 6.45) is 0.692. The van der Waals surface area contributed by atoms with Crippen molar-refractivity contribution in [1.29, 1.82) is 0 Å². The average Bonchev–Trinajstić information content (AvgIpc) is 2.89. The minimum absolute atomic E-state index is 0.0851. The van der Waals surface area contributed by atoms with Crippen molar-refractivity contribution in [3.05, 3.63) is 57.6 Å². The average molecular weight is 420 g/mol. The summed E-state index contributed by atoms with van der Waals surface area (Å²) in [5.41, 5.74) is 1.52. The van der Waals surface area contributed by atoms with Gasteiger partial charge in [0.2, 0.25) is 10.0 Å². The minimum atomic E-state index is -3.96. The third kappa shape index (κ3) is 4.75. The van der Waals surface area contributed by atoms with Crippen LogP contribution in [0.15, 0.2) is 41.3 Å². The number of benzene rings is 2. The van der Waals surface area contributed by atoms with E-state index in [1.807, 2.05) is 39.1 Å². The molecule has 1 saturated heterocycles. The molecule has 0 bridgehead atoms. The summed E-state index contributed by atoms with van der Waals surface area (Å²) >= 11 is 0. The second kappa shape index (κ2) is 8.48. The number of nitro groups is 1. The Morgan fingerprint density at radius 2 is 1.76 bits per heavy atom. The van der Waals surface area contributed by atoms with Gasteiger partial charge in [-0.25, -0.2) is 8.42 Å². The van der Waals surface area contributed by atoms with Gasteiger partial charge in [-0.1, -0.05) is 12.1 Å². The Balaban J connectivity index is 2.06. The van der Waals surface area contributed by atoms with Gasteiger partial charge in [-0.05, 0) is 57.1 Å². The Kier molecular flexibility index (Phi) is 6.21. The Labute approximate surface area is 170 Å². The fourth-order valence-electron chi connectivity index (χ4n) is 3.23. The lowest BCUT2D eigenvalue weighted by Crippen LogP contribution is -2.34. The van der Waals surface area contributed by atoms with Crippen molar-refractivity contribution in [3.63, 3.8) is 0 Å². The van der Waals surface area contributed by atoms with Gasteiger partial charge in [0.05, 0.1) is 4.92 Å². The zero-order chi connectivity index (χ0) is 21.2. The Hall–Kier alpha value is -2.49. The monoisotopic (exact) mass is 419 g/mol. The molecule has 3 rings (SSSR count). The van der Waals surface area contributed by atoms with Gasteiger partial charge in [0.25, 0.3) is 5.69 Å². The van der Waals surface area contributed by atoms with Gasteiger partial charge in [0.1, 0.15) is 16.4 Å². The van der Waals surface area contributed by atoms with Crippen LogP contribution in [-0.4, -0.2) is 55.8 Å². The molecule has 2 aromatic carbocycles. The molecule has 9 heteroatoms. The summed E-state index contributed by atoms with van der Waals surface area (Å²) in [6.45, 7) is 5.85. The van der Waals surface area contributed by atoms with Crippen LogP contribution in [0.2, 0.25) is 0 Å². The summed E-state index contributed by atoms with van der Waals surface area (Å²) < 4.78 is 34.1. The molecule has 1 aliphatic rings. The summed E-state index contributed by atoms with van der Waals surface area (Å²) in [7, 11) is -2.02. The van der Waals surface area contributed by atoms with E-state index >= 15 is 0 Å². The maximum atomic E-state index is 13.4. The minimum Gasteiger partial charge on any atom is -0.456 e. The predicted molar refractivity (Wildman–Crippen MR) is 110 cm³/mol. The van der Waals surface area contributed by atoms with Crippen LogP contribution in [0, 0.1) is 24.0 Å². The SMILES string of the molecule is Cc1ccc(C)c(Oc2ccc([N+](=O)[O-])cc2S(=O)(=O)N2CCCN(C)CC2)c1. The summed E-state index contributed by atoms with van der Waals surface area (Å²) in [5.74, 6) is 0.604. The van der Waals surface area contributed by atoms with Crippen LogP contribution in [0.3, 0.4) is 0 Å². The molecular weight excluding hydrogens is 394 g/mol. The number of aryl methyl sites for hydroxylation is 2. The first-order chi connectivity index (χ1) is 13.7. The Morgan fingerprint density at radius 3 is 2.48 bits per heavy atom. The van der Waals surface area contributed by atoms with E-state index in [9.17, 15) is 18.5 Å². The van der Waals surface area contributed by atoms with Gasteiger partial charge < -0.3 is 9.64 Å². The lowest BCUT2D eigenvalue weighted by molar-refractivity contribution is -0.385. The molecule has 0 atom stereocenters. The van der Waals surface area contributed by atoms with E-state index in [-0.39, 0.29) is 16.3 Å². The number of nitrogens with zero attached hydrogens (tertiary/aromatic N) is 3. The van der Waals surface area contributed by atoms with Crippen LogP contribution < -0.4 is 4.74 Å². The number of likely N-dealkylation sites (N-methyl/N-ethyl adjacent to an activating group) is 1. The molecule has 0 amide bonds. The predicted octanol–water partition coefficient (Wildman–Crippen LogP) is 3.33. The van der Waals surface area contributed by atoms with E-state index in [0.29, 0.717) is 31.8 Å². The molecule has 1 heterocycles. The molecule has 1 aliphatic heterocycles. The molecule has 1 fully saturated rings. The fourth-order valence-corrected chi connectivity index (χ4v) is 4.84. The number of ether oxygens (including phenoxy) is 1. The molecule has 156 valence electrons. The highest BCUT2D eigenvalue weighted by Crippen LogP contribution is 2.35. The van der Waals surface area contributed by atoms with Crippen molar-refractivity contribution in [2.75, 3.05) is 33.2 Å². The number of non-ortho nitro benzene ring substituents is 1. The largest absolute Gasteiger partial charge is 0.456 e. The fraction of sp³-hybridized carbons (Fsp3) is 0.400. The number of hydrogen-bond donors (Lipinski definition) is 0. The first-order valence-corrected chi connectivity index (χ1v) is 10.8. The van der Waals surface area contributed by atoms with Gasteiger partial charge in [0.15, 0.2) is 0 Å². The molecule has 0 aromatic heterocycles. The van der Waals surface area contributed by atoms with E-state index in [1.54, 1.807) is 0 Å². The molecule has 0 aliphatic carbocycles. The van der Waals surface area contributed by atoms with Gasteiger partial charge in [0, 0.05) is 31.8 Å². The topological polar surface area (TPSA) is 93.0 Å². The molecular formula is C20H25N3O5S. The molecule has 0 spiro atoms. The normalized spacial score (nSPS) is 16.4. The molecule has 0 radical (unpaired) electrons. The van der Waals surface area contributed by atoms with Gasteiger partial charge in [-0.3, -0.25) is 10.1 Å². The van der Waals surface area contributed by atoms with Crippen LogP contribution in [0.5, 0.6) is 11.5 Å². The summed E-state index contributed by atoms with van der Waals surface area (Å²) in [5, 5.41) is 11.3. The molecule has 2 aromatic rings. The highest BCUT2D eigenvalue weighted by Gasteiger charge is 2.31. The zero-order valence-electron chi connectivity index (χ0n) is 16.8. The van der Waals surface area contributed by atoms with Crippen molar-refractivity contribution in [1.82, 2.24) is 9.21 Å². The Morgan fingerprint density at radius 1 is 1.00 bits per heavy atom. The van der Waals surface area contributed by atoms with Crippen LogP contribution in [0.25, 0.3) is 0 Å². The number of nitro benzene ring substituents is 1. The van der Waals surface area contributed by atoms with Gasteiger partial charge >= 0.3 is 0 Å². The first kappa shape index (κ1) is 21.2. The molecule has 0 N–H and O–H groups in total. The smallest absolute Gasteiger partial charge is 0.271 e. The second-order valence-electron chi connectivity index (χ2n) is 7.32. The van der Waals surface area contributed by atoms with Crippen molar-refractivity contribution < 1.29 is 18.1 Å². The van der Waals surface area contributed by atoms with Gasteiger partial charge in [-0.2, -0.15) is 4.31 Å². The van der Waals surface area contributed by atoms with E-state index in [2.05, 4.69) is 4.90 Å². The van der Waals surface area contributed by atoms with Crippen LogP contribution in [-0.2, 0) is 10.0 Å². The maximum Gasteiger partial charge on any atom is 0.271 e. The molecule has 0 unspecified atom stereocenters.